The molecule has 71 heavy (non-hydrogen) atoms. The standard InChI is InChI=1S/C54H76O17/c1-62-32-16-4-10-22-47(55)65-35-19-7-13-25-50(58)69-42-30-28-41(29-31-42)44-40-68-45-38-43(70-51(59)26-14-8-20-36-66-48(56)23-11-5-17-33-63-2)39-46(53(45)54(44)61)71-52(60)27-15-9-21-37-67-49(57)24-12-6-18-34-64-3/h28-31,38-40H,4-27,32-37H2,1-3H3. The van der Waals surface area contributed by atoms with Crippen molar-refractivity contribution in [2.45, 2.75) is 154 Å². The van der Waals surface area contributed by atoms with E-state index in [1.807, 2.05) is 0 Å². The van der Waals surface area contributed by atoms with Gasteiger partial charge in [0.2, 0.25) is 5.43 Å². The summed E-state index contributed by atoms with van der Waals surface area (Å²) in [6.07, 6.45) is 15.2. The molecule has 0 atom stereocenters. The SMILES string of the molecule is COCCCCCC(=O)OCCCCCC(=O)Oc1ccc(-c2coc3cc(OC(=O)CCCCCOC(=O)CCCCCOC)cc(OC(=O)CCCCCOC(=O)CCCCCOC)c3c2=O)cc1. The molecule has 17 heteroatoms. The number of hydrogen-bond donors (Lipinski definition) is 0. The zero-order valence-electron chi connectivity index (χ0n) is 42.2. The van der Waals surface area contributed by atoms with E-state index < -0.39 is 23.3 Å². The molecule has 3 rings (SSSR count). The van der Waals surface area contributed by atoms with Gasteiger partial charge in [-0.15, -0.1) is 0 Å². The van der Waals surface area contributed by atoms with Gasteiger partial charge < -0.3 is 47.0 Å². The van der Waals surface area contributed by atoms with E-state index in [2.05, 4.69) is 0 Å². The first-order valence-corrected chi connectivity index (χ1v) is 25.3. The monoisotopic (exact) mass is 997 g/mol. The summed E-state index contributed by atoms with van der Waals surface area (Å²) in [5.41, 5.74) is 0.0841. The van der Waals surface area contributed by atoms with E-state index in [4.69, 9.17) is 47.0 Å². The summed E-state index contributed by atoms with van der Waals surface area (Å²) >= 11 is 0. The lowest BCUT2D eigenvalue weighted by Gasteiger charge is -2.12. The summed E-state index contributed by atoms with van der Waals surface area (Å²) in [6.45, 7) is 2.78. The van der Waals surface area contributed by atoms with Crippen LogP contribution in [0.4, 0.5) is 0 Å². The predicted octanol–water partition coefficient (Wildman–Crippen LogP) is 10.1. The van der Waals surface area contributed by atoms with Gasteiger partial charge in [-0.2, -0.15) is 0 Å². The van der Waals surface area contributed by atoms with Crippen LogP contribution in [0.2, 0.25) is 0 Å². The predicted molar refractivity (Wildman–Crippen MR) is 264 cm³/mol. The number of rotatable bonds is 40. The highest BCUT2D eigenvalue weighted by Gasteiger charge is 2.20. The van der Waals surface area contributed by atoms with Gasteiger partial charge in [-0.25, -0.2) is 0 Å². The van der Waals surface area contributed by atoms with Gasteiger partial charge in [0.15, 0.2) is 0 Å². The van der Waals surface area contributed by atoms with E-state index in [1.165, 1.54) is 18.4 Å². The normalized spacial score (nSPS) is 11.0. The fourth-order valence-electron chi connectivity index (χ4n) is 7.27. The first-order chi connectivity index (χ1) is 34.5. The van der Waals surface area contributed by atoms with Crippen molar-refractivity contribution < 1.29 is 75.8 Å². The van der Waals surface area contributed by atoms with Gasteiger partial charge in [0.05, 0.1) is 25.4 Å². The Labute approximate surface area is 417 Å². The third-order valence-corrected chi connectivity index (χ3v) is 11.2. The Hall–Kier alpha value is -5.65. The highest BCUT2D eigenvalue weighted by Crippen LogP contribution is 2.33. The number of ether oxygens (including phenoxy) is 9. The van der Waals surface area contributed by atoms with Crippen molar-refractivity contribution in [2.75, 3.05) is 61.0 Å². The Balaban J connectivity index is 1.58. The van der Waals surface area contributed by atoms with Crippen molar-refractivity contribution in [3.63, 3.8) is 0 Å². The average molecular weight is 997 g/mol. The topological polar surface area (TPSA) is 216 Å². The Morgan fingerprint density at radius 3 is 1.18 bits per heavy atom. The van der Waals surface area contributed by atoms with Crippen molar-refractivity contribution in [1.29, 1.82) is 0 Å². The smallest absolute Gasteiger partial charge is 0.311 e. The van der Waals surface area contributed by atoms with Crippen molar-refractivity contribution in [1.82, 2.24) is 0 Å². The van der Waals surface area contributed by atoms with E-state index in [0.29, 0.717) is 109 Å². The molecule has 2 aromatic carbocycles. The average Bonchev–Trinajstić information content (AvgIpc) is 3.34. The molecule has 0 spiro atoms. The molecule has 0 fully saturated rings. The number of carbonyl (C=O) groups is 6. The van der Waals surface area contributed by atoms with Crippen molar-refractivity contribution in [3.8, 4) is 28.4 Å². The number of fused-ring (bicyclic) bond motifs is 1. The molecule has 0 unspecified atom stereocenters. The molecule has 0 aliphatic heterocycles. The Morgan fingerprint density at radius 1 is 0.408 bits per heavy atom. The lowest BCUT2D eigenvalue weighted by molar-refractivity contribution is -0.144. The Bertz CT molecular complexity index is 2090. The summed E-state index contributed by atoms with van der Waals surface area (Å²) in [7, 11) is 4.93. The lowest BCUT2D eigenvalue weighted by Crippen LogP contribution is -2.13. The van der Waals surface area contributed by atoms with Crippen LogP contribution < -0.4 is 19.6 Å². The van der Waals surface area contributed by atoms with Crippen LogP contribution in [0.5, 0.6) is 17.2 Å². The van der Waals surface area contributed by atoms with E-state index in [0.717, 1.165) is 57.8 Å². The summed E-state index contributed by atoms with van der Waals surface area (Å²) in [5.74, 6) is -2.21. The molecule has 3 aromatic rings. The molecule has 394 valence electrons. The second-order valence-corrected chi connectivity index (χ2v) is 17.2. The van der Waals surface area contributed by atoms with Crippen LogP contribution >= 0.6 is 0 Å². The van der Waals surface area contributed by atoms with Gasteiger partial charge in [-0.3, -0.25) is 33.6 Å². The maximum absolute atomic E-state index is 14.1. The number of methoxy groups -OCH3 is 3. The van der Waals surface area contributed by atoms with Gasteiger partial charge in [0.1, 0.15) is 34.5 Å². The van der Waals surface area contributed by atoms with Crippen LogP contribution in [-0.2, 0) is 57.2 Å². The zero-order chi connectivity index (χ0) is 51.3. The van der Waals surface area contributed by atoms with Gasteiger partial charge in [0, 0.05) is 91.8 Å². The third kappa shape index (κ3) is 26.4. The highest BCUT2D eigenvalue weighted by atomic mass is 16.6. The van der Waals surface area contributed by atoms with Gasteiger partial charge in [0.25, 0.3) is 0 Å². The first-order valence-electron chi connectivity index (χ1n) is 25.3. The molecular formula is C54H76O17. The molecule has 1 heterocycles. The minimum Gasteiger partial charge on any atom is -0.466 e. The molecule has 0 saturated heterocycles. The minimum absolute atomic E-state index is 0.000387. The molecule has 0 amide bonds. The number of esters is 6. The summed E-state index contributed by atoms with van der Waals surface area (Å²) in [6, 6.07) is 9.01. The lowest BCUT2D eigenvalue weighted by atomic mass is 10.0. The van der Waals surface area contributed by atoms with Gasteiger partial charge >= 0.3 is 35.8 Å². The number of carbonyl (C=O) groups excluding carboxylic acids is 6. The molecule has 0 saturated carbocycles. The van der Waals surface area contributed by atoms with Crippen LogP contribution in [-0.4, -0.2) is 96.8 Å². The summed E-state index contributed by atoms with van der Waals surface area (Å²) < 4.78 is 53.8. The van der Waals surface area contributed by atoms with Crippen LogP contribution in [0, 0.1) is 0 Å². The fourth-order valence-corrected chi connectivity index (χ4v) is 7.27. The maximum Gasteiger partial charge on any atom is 0.311 e. The number of unbranched alkanes of at least 4 members (excludes halogenated alkanes) is 12. The number of benzene rings is 2. The molecule has 0 radical (unpaired) electrons. The molecule has 1 aromatic heterocycles. The second-order valence-electron chi connectivity index (χ2n) is 17.2. The molecule has 17 nitrogen and oxygen atoms in total. The number of hydrogen-bond acceptors (Lipinski definition) is 17. The Morgan fingerprint density at radius 2 is 0.775 bits per heavy atom. The van der Waals surface area contributed by atoms with E-state index in [-0.39, 0.29) is 84.2 Å². The first kappa shape index (κ1) is 59.7. The molecule has 0 aliphatic rings. The van der Waals surface area contributed by atoms with Crippen LogP contribution in [0.1, 0.15) is 154 Å². The van der Waals surface area contributed by atoms with Gasteiger partial charge in [-0.05, 0) is 114 Å². The maximum atomic E-state index is 14.1. The van der Waals surface area contributed by atoms with Gasteiger partial charge in [-0.1, -0.05) is 31.4 Å². The minimum atomic E-state index is -0.630. The van der Waals surface area contributed by atoms with E-state index in [9.17, 15) is 33.6 Å². The van der Waals surface area contributed by atoms with E-state index >= 15 is 0 Å². The third-order valence-electron chi connectivity index (χ3n) is 11.2. The van der Waals surface area contributed by atoms with Crippen LogP contribution in [0.25, 0.3) is 22.1 Å². The highest BCUT2D eigenvalue weighted by molar-refractivity contribution is 5.91. The zero-order valence-corrected chi connectivity index (χ0v) is 42.2. The van der Waals surface area contributed by atoms with Crippen LogP contribution in [0.15, 0.2) is 51.9 Å². The van der Waals surface area contributed by atoms with E-state index in [1.54, 1.807) is 45.6 Å². The Kier molecular flexibility index (Phi) is 31.2. The molecule has 0 bridgehead atoms. The molecular weight excluding hydrogens is 921 g/mol. The molecule has 0 N–H and O–H groups in total. The van der Waals surface area contributed by atoms with Crippen LogP contribution in [0.3, 0.4) is 0 Å². The summed E-state index contributed by atoms with van der Waals surface area (Å²) in [4.78, 5) is 88.8. The van der Waals surface area contributed by atoms with Crippen molar-refractivity contribution >= 4 is 46.8 Å². The quantitative estimate of drug-likeness (QED) is 0.0224. The second kappa shape index (κ2) is 37.2. The summed E-state index contributed by atoms with van der Waals surface area (Å²) in [5, 5.41) is -0.0440. The van der Waals surface area contributed by atoms with Crippen molar-refractivity contribution in [2.24, 2.45) is 0 Å². The fraction of sp³-hybridized carbons (Fsp3) is 0.611. The largest absolute Gasteiger partial charge is 0.466 e. The molecule has 0 aliphatic carbocycles. The van der Waals surface area contributed by atoms with Crippen molar-refractivity contribution in [3.05, 3.63) is 52.9 Å².